The monoisotopic (exact) mass is 1060 g/mol. The van der Waals surface area contributed by atoms with Crippen molar-refractivity contribution in [2.45, 2.75) is 19.9 Å². The molecule has 8 rings (SSSR count). The number of nitrogens with one attached hydrogen (secondary N) is 8. The number of phenols is 3. The molecule has 0 aromatic heterocycles. The van der Waals surface area contributed by atoms with Gasteiger partial charge in [-0.15, -0.1) is 0 Å². The van der Waals surface area contributed by atoms with Gasteiger partial charge < -0.3 is 57.9 Å². The van der Waals surface area contributed by atoms with Crippen LogP contribution in [-0.2, 0) is 0 Å². The van der Waals surface area contributed by atoms with Crippen LogP contribution in [0.15, 0.2) is 72.8 Å². The lowest BCUT2D eigenvalue weighted by molar-refractivity contribution is 0.0902. The summed E-state index contributed by atoms with van der Waals surface area (Å²) in [7, 11) is 0. The zero-order valence-corrected chi connectivity index (χ0v) is 43.3. The quantitative estimate of drug-likeness (QED) is 0.108. The number of amides is 8. The Morgan fingerprint density at radius 2 is 0.558 bits per heavy atom. The minimum absolute atomic E-state index is 0.0453. The normalized spacial score (nSPS) is 22.8. The molecule has 4 aliphatic heterocycles. The van der Waals surface area contributed by atoms with Gasteiger partial charge in [0.1, 0.15) is 17.2 Å². The fourth-order valence-electron chi connectivity index (χ4n) is 9.42. The lowest BCUT2D eigenvalue weighted by atomic mass is 10.0. The Hall–Kier alpha value is -8.12. The Morgan fingerprint density at radius 1 is 0.338 bits per heavy atom. The molecule has 0 spiro atoms. The third kappa shape index (κ3) is 15.1. The van der Waals surface area contributed by atoms with E-state index in [1.807, 2.05) is 19.6 Å². The van der Waals surface area contributed by atoms with Gasteiger partial charge in [0, 0.05) is 142 Å². The summed E-state index contributed by atoms with van der Waals surface area (Å²) in [5, 5.41) is 57.0. The molecule has 8 amide bonds. The van der Waals surface area contributed by atoms with E-state index in [4.69, 9.17) is 0 Å². The van der Waals surface area contributed by atoms with Crippen LogP contribution >= 0.6 is 0 Å². The average Bonchev–Trinajstić information content (AvgIpc) is 3.41. The summed E-state index contributed by atoms with van der Waals surface area (Å²) in [4.78, 5) is 118. The topological polar surface area (TPSA) is 306 Å². The third-order valence-electron chi connectivity index (χ3n) is 13.8. The number of phenolic OH excluding ortho intramolecular Hbond substituents is 3. The molecule has 410 valence electrons. The molecule has 4 aromatic rings. The summed E-state index contributed by atoms with van der Waals surface area (Å²) in [5.41, 5.74) is 0.372. The molecule has 4 aliphatic rings. The van der Waals surface area contributed by atoms with E-state index in [1.165, 1.54) is 54.6 Å². The van der Waals surface area contributed by atoms with Crippen LogP contribution in [0.3, 0.4) is 0 Å². The van der Waals surface area contributed by atoms with E-state index >= 15 is 0 Å². The number of aromatic hydroxyl groups is 3. The van der Waals surface area contributed by atoms with Crippen molar-refractivity contribution in [3.05, 3.63) is 123 Å². The molecule has 4 aromatic carbocycles. The molecule has 77 heavy (non-hydrogen) atoms. The van der Waals surface area contributed by atoms with Crippen LogP contribution in [0.2, 0.25) is 0 Å². The minimum Gasteiger partial charge on any atom is -0.506 e. The highest BCUT2D eigenvalue weighted by Gasteiger charge is 2.25. The van der Waals surface area contributed by atoms with Gasteiger partial charge in [0.05, 0.1) is 33.4 Å². The second-order valence-electron chi connectivity index (χ2n) is 19.1. The largest absolute Gasteiger partial charge is 0.506 e. The number of carbonyl (C=O) groups is 8. The maximum Gasteiger partial charge on any atom is 0.255 e. The molecule has 0 radical (unpaired) electrons. The van der Waals surface area contributed by atoms with Crippen molar-refractivity contribution in [1.82, 2.24) is 62.1 Å². The first-order valence-electron chi connectivity index (χ1n) is 25.8. The minimum atomic E-state index is -0.635. The van der Waals surface area contributed by atoms with Crippen LogP contribution in [0, 0.1) is 6.92 Å². The zero-order chi connectivity index (χ0) is 55.0. The standard InChI is InChI=1S/C54H68N12O11/c1-34-33-66-28-21-61-52(75)41-12-5-11-40(45(41)68)50(73)58-18-25-64(26-19-60-53(76)42-13-6-14-43(46(42)69)54(77)62-34)30-29-63-22-15-55-47(70)36-7-3-8-37(35(36)2)48(71)56-16-23-65(31-32-66)27-20-59-51(74)39-10-4-9-38(44(39)67)49(72)57-17-24-63/h3-14,34,67-69H,15-33H2,1-2H3,(H,55,70)(H,56,71)(H,57,72)(H,58,73)(H,59,74)(H,60,76)(H,61,75)(H,62,77). The molecule has 5 atom stereocenters. The first-order chi connectivity index (χ1) is 37.1. The fourth-order valence-corrected chi connectivity index (χ4v) is 9.42. The Morgan fingerprint density at radius 3 is 0.844 bits per heavy atom. The van der Waals surface area contributed by atoms with E-state index in [0.29, 0.717) is 42.9 Å². The molecule has 23 heteroatoms. The van der Waals surface area contributed by atoms with E-state index in [1.54, 1.807) is 32.0 Å². The second-order valence-corrected chi connectivity index (χ2v) is 19.1. The summed E-state index contributed by atoms with van der Waals surface area (Å²) in [5.74, 6) is -6.11. The van der Waals surface area contributed by atoms with E-state index in [-0.39, 0.29) is 132 Å². The number of nitrogens with zero attached hydrogens (tertiary/aromatic N) is 4. The Labute approximate surface area is 446 Å². The lowest BCUT2D eigenvalue weighted by Gasteiger charge is -2.30. The molecule has 23 nitrogen and oxygen atoms in total. The van der Waals surface area contributed by atoms with Crippen molar-refractivity contribution in [2.75, 3.05) is 124 Å². The van der Waals surface area contributed by atoms with Gasteiger partial charge in [0.25, 0.3) is 47.3 Å². The molecule has 0 aliphatic carbocycles. The predicted molar refractivity (Wildman–Crippen MR) is 285 cm³/mol. The Balaban J connectivity index is 1.29. The van der Waals surface area contributed by atoms with Gasteiger partial charge in [-0.25, -0.2) is 0 Å². The lowest BCUT2D eigenvalue weighted by Crippen LogP contribution is -2.48. The Bertz CT molecular complexity index is 2760. The van der Waals surface area contributed by atoms with Crippen molar-refractivity contribution in [3.63, 3.8) is 0 Å². The SMILES string of the molecule is Cc1c2cccc1C(=O)NCCN1CCNC(=O)c3cccc(c3O)C(=O)NCCN(CCNC2=O)CCN2CCNC(=O)c3cccc(c3O)C(=O)NCCN(CC1)CC(C)NC(=O)c1cccc(c1O)C(=O)NCC2. The number of benzene rings is 4. The first kappa shape index (κ1) is 56.6. The summed E-state index contributed by atoms with van der Waals surface area (Å²) < 4.78 is 0. The number of para-hydroxylation sites is 3. The molecule has 0 fully saturated rings. The first-order valence-corrected chi connectivity index (χ1v) is 25.8. The predicted octanol–water partition coefficient (Wildman–Crippen LogP) is -0.312. The number of fused-ring (bicyclic) bond motifs is 16. The molecular formula is C54H68N12O11. The highest BCUT2D eigenvalue weighted by molar-refractivity contribution is 6.06. The fraction of sp³-hybridized carbons (Fsp3) is 0.407. The van der Waals surface area contributed by atoms with Crippen LogP contribution in [-0.4, -0.2) is 213 Å². The average molecular weight is 1060 g/mol. The van der Waals surface area contributed by atoms with Crippen LogP contribution in [0.4, 0.5) is 0 Å². The highest BCUT2D eigenvalue weighted by Crippen LogP contribution is 2.25. The number of hydrogen-bond donors (Lipinski definition) is 11. The molecular weight excluding hydrogens is 993 g/mol. The molecule has 12 bridgehead atoms. The number of rotatable bonds is 0. The number of hydrogen-bond acceptors (Lipinski definition) is 15. The third-order valence-corrected chi connectivity index (χ3v) is 13.8. The number of carbonyl (C=O) groups excluding carboxylic acids is 8. The van der Waals surface area contributed by atoms with Crippen LogP contribution in [0.5, 0.6) is 17.2 Å². The van der Waals surface area contributed by atoms with E-state index in [0.717, 1.165) is 0 Å². The van der Waals surface area contributed by atoms with Gasteiger partial charge in [-0.05, 0) is 67.9 Å². The van der Waals surface area contributed by atoms with Gasteiger partial charge in [0.15, 0.2) is 0 Å². The van der Waals surface area contributed by atoms with Gasteiger partial charge in [-0.3, -0.25) is 58.0 Å². The van der Waals surface area contributed by atoms with E-state index in [2.05, 4.69) is 42.5 Å². The van der Waals surface area contributed by atoms with Gasteiger partial charge in [-0.2, -0.15) is 0 Å². The van der Waals surface area contributed by atoms with Crippen molar-refractivity contribution in [1.29, 1.82) is 0 Å². The van der Waals surface area contributed by atoms with Crippen molar-refractivity contribution in [2.24, 2.45) is 0 Å². The van der Waals surface area contributed by atoms with Gasteiger partial charge >= 0.3 is 0 Å². The molecule has 4 heterocycles. The van der Waals surface area contributed by atoms with Crippen LogP contribution < -0.4 is 42.5 Å². The molecule has 11 N–H and O–H groups in total. The maximum absolute atomic E-state index is 13.8. The molecule has 0 saturated heterocycles. The summed E-state index contributed by atoms with van der Waals surface area (Å²) >= 11 is 0. The molecule has 5 unspecified atom stereocenters. The summed E-state index contributed by atoms with van der Waals surface area (Å²) in [6.07, 6.45) is 0. The van der Waals surface area contributed by atoms with Gasteiger partial charge in [0.2, 0.25) is 0 Å². The van der Waals surface area contributed by atoms with Crippen LogP contribution in [0.25, 0.3) is 0 Å². The summed E-state index contributed by atoms with van der Waals surface area (Å²) in [6.45, 7) is 7.05. The highest BCUT2D eigenvalue weighted by atomic mass is 16.3. The maximum atomic E-state index is 13.8. The van der Waals surface area contributed by atoms with Crippen molar-refractivity contribution < 1.29 is 53.7 Å². The van der Waals surface area contributed by atoms with Crippen molar-refractivity contribution >= 4 is 47.3 Å². The van der Waals surface area contributed by atoms with Crippen molar-refractivity contribution in [3.8, 4) is 17.2 Å². The molecule has 0 saturated carbocycles. The summed E-state index contributed by atoms with van der Waals surface area (Å²) in [6, 6.07) is 17.3. The zero-order valence-electron chi connectivity index (χ0n) is 43.3. The van der Waals surface area contributed by atoms with Crippen LogP contribution in [0.1, 0.15) is 95.4 Å². The van der Waals surface area contributed by atoms with Gasteiger partial charge in [-0.1, -0.05) is 24.3 Å². The van der Waals surface area contributed by atoms with E-state index < -0.39 is 70.5 Å². The second kappa shape index (κ2) is 27.1. The Kier molecular flexibility index (Phi) is 19.9. The smallest absolute Gasteiger partial charge is 0.255 e. The van der Waals surface area contributed by atoms with E-state index in [9.17, 15) is 53.7 Å².